The molecule has 19 heavy (non-hydrogen) atoms. The average molecular weight is 348 g/mol. The van der Waals surface area contributed by atoms with Gasteiger partial charge in [0.15, 0.2) is 0 Å². The van der Waals surface area contributed by atoms with Gasteiger partial charge in [-0.1, -0.05) is 33.8 Å². The van der Waals surface area contributed by atoms with Crippen LogP contribution in [0.1, 0.15) is 52.0 Å². The van der Waals surface area contributed by atoms with E-state index in [1.165, 1.54) is 0 Å². The first-order valence-corrected chi connectivity index (χ1v) is 8.05. The molecular weight excluding hydrogens is 324 g/mol. The number of ether oxygens (including phenoxy) is 1. The molecular formula is C16H24BrClO. The lowest BCUT2D eigenvalue weighted by Gasteiger charge is -2.29. The van der Waals surface area contributed by atoms with Crippen molar-refractivity contribution in [1.82, 2.24) is 0 Å². The van der Waals surface area contributed by atoms with Crippen LogP contribution >= 0.6 is 27.5 Å². The molecule has 3 heteroatoms. The van der Waals surface area contributed by atoms with Crippen molar-refractivity contribution in [2.45, 2.75) is 46.4 Å². The Balaban J connectivity index is 2.78. The van der Waals surface area contributed by atoms with E-state index in [4.69, 9.17) is 16.3 Å². The van der Waals surface area contributed by atoms with Crippen LogP contribution in [0, 0.1) is 11.3 Å². The zero-order chi connectivity index (χ0) is 14.6. The predicted molar refractivity (Wildman–Crippen MR) is 87.1 cm³/mol. The van der Waals surface area contributed by atoms with E-state index in [0.717, 1.165) is 22.2 Å². The molecule has 0 bridgehead atoms. The van der Waals surface area contributed by atoms with Crippen molar-refractivity contribution in [3.8, 4) is 5.75 Å². The van der Waals surface area contributed by atoms with Gasteiger partial charge >= 0.3 is 0 Å². The summed E-state index contributed by atoms with van der Waals surface area (Å²) in [6.07, 6.45) is 0.978. The molecule has 108 valence electrons. The van der Waals surface area contributed by atoms with E-state index in [1.54, 1.807) is 0 Å². The van der Waals surface area contributed by atoms with E-state index < -0.39 is 0 Å². The van der Waals surface area contributed by atoms with Crippen molar-refractivity contribution < 1.29 is 4.74 Å². The average Bonchev–Trinajstić information content (AvgIpc) is 2.30. The van der Waals surface area contributed by atoms with Crippen LogP contribution in [-0.4, -0.2) is 6.61 Å². The highest BCUT2D eigenvalue weighted by atomic mass is 79.9. The smallest absolute Gasteiger partial charge is 0.133 e. The molecule has 0 aliphatic heterocycles. The SMILES string of the molecule is CCOc1ccc(C(Cl)CC(C)C(C)(C)C)cc1Br. The molecule has 1 rings (SSSR count). The summed E-state index contributed by atoms with van der Waals surface area (Å²) in [4.78, 5) is 0. The third-order valence-corrected chi connectivity index (χ3v) is 4.71. The fourth-order valence-electron chi connectivity index (χ4n) is 1.78. The van der Waals surface area contributed by atoms with Crippen molar-refractivity contribution in [3.63, 3.8) is 0 Å². The lowest BCUT2D eigenvalue weighted by molar-refractivity contribution is 0.245. The summed E-state index contributed by atoms with van der Waals surface area (Å²) in [5.41, 5.74) is 1.43. The fourth-order valence-corrected chi connectivity index (χ4v) is 2.70. The molecule has 0 aliphatic rings. The van der Waals surface area contributed by atoms with Crippen LogP contribution in [0.25, 0.3) is 0 Å². The molecule has 0 saturated carbocycles. The zero-order valence-electron chi connectivity index (χ0n) is 12.5. The number of hydrogen-bond donors (Lipinski definition) is 0. The maximum Gasteiger partial charge on any atom is 0.133 e. The van der Waals surface area contributed by atoms with Crippen molar-refractivity contribution in [1.29, 1.82) is 0 Å². The van der Waals surface area contributed by atoms with E-state index in [-0.39, 0.29) is 10.8 Å². The monoisotopic (exact) mass is 346 g/mol. The van der Waals surface area contributed by atoms with Gasteiger partial charge in [-0.3, -0.25) is 0 Å². The van der Waals surface area contributed by atoms with Crippen LogP contribution in [0.5, 0.6) is 5.75 Å². The van der Waals surface area contributed by atoms with Crippen molar-refractivity contribution >= 4 is 27.5 Å². The van der Waals surface area contributed by atoms with Crippen LogP contribution in [0.15, 0.2) is 22.7 Å². The van der Waals surface area contributed by atoms with Gasteiger partial charge in [-0.25, -0.2) is 0 Å². The number of hydrogen-bond acceptors (Lipinski definition) is 1. The van der Waals surface area contributed by atoms with E-state index in [1.807, 2.05) is 13.0 Å². The van der Waals surface area contributed by atoms with Crippen molar-refractivity contribution in [2.75, 3.05) is 6.61 Å². The maximum atomic E-state index is 6.55. The highest BCUT2D eigenvalue weighted by Crippen LogP contribution is 2.38. The number of alkyl halides is 1. The predicted octanol–water partition coefficient (Wildman–Crippen LogP) is 6.20. The second kappa shape index (κ2) is 6.99. The molecule has 1 nitrogen and oxygen atoms in total. The van der Waals surface area contributed by atoms with E-state index >= 15 is 0 Å². The molecule has 1 aromatic rings. The largest absolute Gasteiger partial charge is 0.493 e. The van der Waals surface area contributed by atoms with Gasteiger partial charge in [-0.15, -0.1) is 11.6 Å². The van der Waals surface area contributed by atoms with Crippen LogP contribution in [0.2, 0.25) is 0 Å². The fraction of sp³-hybridized carbons (Fsp3) is 0.625. The first-order valence-electron chi connectivity index (χ1n) is 6.82. The number of rotatable bonds is 5. The minimum absolute atomic E-state index is 0.0428. The third kappa shape index (κ3) is 5.00. The second-order valence-corrected chi connectivity index (χ2v) is 7.47. The van der Waals surface area contributed by atoms with Gasteiger partial charge in [0.05, 0.1) is 16.5 Å². The molecule has 1 aromatic carbocycles. The molecule has 0 radical (unpaired) electrons. The minimum Gasteiger partial charge on any atom is -0.493 e. The summed E-state index contributed by atoms with van der Waals surface area (Å²) < 4.78 is 6.49. The molecule has 0 spiro atoms. The molecule has 0 heterocycles. The van der Waals surface area contributed by atoms with Gasteiger partial charge < -0.3 is 4.74 Å². The zero-order valence-corrected chi connectivity index (χ0v) is 14.8. The van der Waals surface area contributed by atoms with Crippen molar-refractivity contribution in [3.05, 3.63) is 28.2 Å². The van der Waals surface area contributed by atoms with Crippen LogP contribution in [-0.2, 0) is 0 Å². The minimum atomic E-state index is 0.0428. The summed E-state index contributed by atoms with van der Waals surface area (Å²) in [7, 11) is 0. The maximum absolute atomic E-state index is 6.55. The Bertz CT molecular complexity index is 412. The quantitative estimate of drug-likeness (QED) is 0.576. The molecule has 0 aliphatic carbocycles. The molecule has 0 N–H and O–H groups in total. The lowest BCUT2D eigenvalue weighted by Crippen LogP contribution is -2.18. The molecule has 0 saturated heterocycles. The first kappa shape index (κ1) is 16.8. The Morgan fingerprint density at radius 3 is 2.42 bits per heavy atom. The van der Waals surface area contributed by atoms with Gasteiger partial charge in [0.2, 0.25) is 0 Å². The van der Waals surface area contributed by atoms with E-state index in [0.29, 0.717) is 12.5 Å². The van der Waals surface area contributed by atoms with Gasteiger partial charge in [-0.2, -0.15) is 0 Å². The Hall–Kier alpha value is -0.210. The van der Waals surface area contributed by atoms with Gasteiger partial charge in [0.25, 0.3) is 0 Å². The van der Waals surface area contributed by atoms with E-state index in [9.17, 15) is 0 Å². The summed E-state index contributed by atoms with van der Waals surface area (Å²) in [6.45, 7) is 11.7. The Morgan fingerprint density at radius 1 is 1.32 bits per heavy atom. The first-order chi connectivity index (χ1) is 8.75. The second-order valence-electron chi connectivity index (χ2n) is 6.09. The summed E-state index contributed by atoms with van der Waals surface area (Å²) in [5, 5.41) is 0.0428. The van der Waals surface area contributed by atoms with Crippen LogP contribution < -0.4 is 4.74 Å². The highest BCUT2D eigenvalue weighted by Gasteiger charge is 2.23. The van der Waals surface area contributed by atoms with E-state index in [2.05, 4.69) is 55.8 Å². The van der Waals surface area contributed by atoms with Gasteiger partial charge in [0.1, 0.15) is 5.75 Å². The summed E-state index contributed by atoms with van der Waals surface area (Å²) >= 11 is 10.1. The Kier molecular flexibility index (Phi) is 6.19. The van der Waals surface area contributed by atoms with Crippen LogP contribution in [0.3, 0.4) is 0 Å². The third-order valence-electron chi connectivity index (χ3n) is 3.66. The summed E-state index contributed by atoms with van der Waals surface area (Å²) in [6, 6.07) is 6.11. The normalized spacial score (nSPS) is 15.1. The molecule has 2 atom stereocenters. The topological polar surface area (TPSA) is 9.23 Å². The molecule has 2 unspecified atom stereocenters. The molecule has 0 amide bonds. The number of benzene rings is 1. The highest BCUT2D eigenvalue weighted by molar-refractivity contribution is 9.10. The van der Waals surface area contributed by atoms with Crippen LogP contribution in [0.4, 0.5) is 0 Å². The summed E-state index contributed by atoms with van der Waals surface area (Å²) in [5.74, 6) is 1.44. The Morgan fingerprint density at radius 2 is 1.95 bits per heavy atom. The standard InChI is InChI=1S/C16H24BrClO/c1-6-19-15-8-7-12(10-13(15)17)14(18)9-11(2)16(3,4)5/h7-8,10-11,14H,6,9H2,1-5H3. The van der Waals surface area contributed by atoms with Crippen molar-refractivity contribution in [2.24, 2.45) is 11.3 Å². The lowest BCUT2D eigenvalue weighted by atomic mass is 9.79. The Labute approximate surface area is 130 Å². The molecule has 0 fully saturated rings. The molecule has 0 aromatic heterocycles. The van der Waals surface area contributed by atoms with Gasteiger partial charge in [-0.05, 0) is 58.3 Å². The van der Waals surface area contributed by atoms with Gasteiger partial charge in [0, 0.05) is 0 Å². The number of halogens is 2.